The Labute approximate surface area is 153 Å². The van der Waals surface area contributed by atoms with Crippen molar-refractivity contribution in [2.45, 2.75) is 44.7 Å². The standard InChI is InChI=1S/C15H27F3N4.HI/c16-15(17,18)11-22-8-5-12(6-9-22)4-7-20-14(19)21-10-13-2-1-3-13;/h12-13H,1-11H2,(H3,19,20,21);1H. The van der Waals surface area contributed by atoms with Crippen LogP contribution in [0.5, 0.6) is 0 Å². The van der Waals surface area contributed by atoms with Crippen LogP contribution in [0, 0.1) is 11.8 Å². The third-order valence-electron chi connectivity index (χ3n) is 4.71. The van der Waals surface area contributed by atoms with Gasteiger partial charge in [0.2, 0.25) is 0 Å². The SMILES string of the molecule is I.NC(=NCC1CCC1)NCCC1CCN(CC(F)(F)F)CC1. The van der Waals surface area contributed by atoms with E-state index in [1.165, 1.54) is 24.2 Å². The molecular weight excluding hydrogens is 420 g/mol. The number of nitrogens with one attached hydrogen (secondary N) is 1. The maximum absolute atomic E-state index is 12.3. The summed E-state index contributed by atoms with van der Waals surface area (Å²) in [4.78, 5) is 5.83. The fourth-order valence-electron chi connectivity index (χ4n) is 3.05. The monoisotopic (exact) mass is 448 g/mol. The number of halogens is 4. The number of hydrogen-bond donors (Lipinski definition) is 2. The van der Waals surface area contributed by atoms with Gasteiger partial charge in [-0.3, -0.25) is 9.89 Å². The van der Waals surface area contributed by atoms with Gasteiger partial charge in [0.1, 0.15) is 0 Å². The molecule has 2 fully saturated rings. The Morgan fingerprint density at radius 2 is 1.78 bits per heavy atom. The zero-order valence-electron chi connectivity index (χ0n) is 13.4. The van der Waals surface area contributed by atoms with Crippen LogP contribution in [0.1, 0.15) is 38.5 Å². The summed E-state index contributed by atoms with van der Waals surface area (Å²) in [5, 5.41) is 3.12. The van der Waals surface area contributed by atoms with Crippen LogP contribution in [0.3, 0.4) is 0 Å². The molecule has 0 amide bonds. The van der Waals surface area contributed by atoms with E-state index < -0.39 is 12.7 Å². The van der Waals surface area contributed by atoms with Gasteiger partial charge in [0.15, 0.2) is 5.96 Å². The van der Waals surface area contributed by atoms with Crippen LogP contribution in [0.25, 0.3) is 0 Å². The van der Waals surface area contributed by atoms with Crippen LogP contribution in [-0.4, -0.2) is 49.8 Å². The minimum Gasteiger partial charge on any atom is -0.370 e. The molecule has 0 radical (unpaired) electrons. The van der Waals surface area contributed by atoms with E-state index in [0.29, 0.717) is 30.9 Å². The fourth-order valence-corrected chi connectivity index (χ4v) is 3.05. The van der Waals surface area contributed by atoms with Crippen LogP contribution in [0.2, 0.25) is 0 Å². The van der Waals surface area contributed by atoms with Gasteiger partial charge in [-0.1, -0.05) is 6.42 Å². The Morgan fingerprint density at radius 3 is 2.30 bits per heavy atom. The largest absolute Gasteiger partial charge is 0.401 e. The van der Waals surface area contributed by atoms with Gasteiger partial charge < -0.3 is 11.1 Å². The number of rotatable bonds is 6. The molecular formula is C15H28F3IN4. The molecule has 23 heavy (non-hydrogen) atoms. The Kier molecular flexibility index (Phi) is 8.95. The molecule has 4 nitrogen and oxygen atoms in total. The molecule has 136 valence electrons. The number of hydrogen-bond acceptors (Lipinski definition) is 2. The quantitative estimate of drug-likeness (QED) is 0.373. The normalized spacial score (nSPS) is 21.6. The number of likely N-dealkylation sites (tertiary alicyclic amines) is 1. The lowest BCUT2D eigenvalue weighted by molar-refractivity contribution is -0.148. The fraction of sp³-hybridized carbons (Fsp3) is 0.933. The van der Waals surface area contributed by atoms with Crippen molar-refractivity contribution >= 4 is 29.9 Å². The Bertz CT molecular complexity index is 364. The molecule has 1 aliphatic heterocycles. The van der Waals surface area contributed by atoms with Crippen LogP contribution >= 0.6 is 24.0 Å². The molecule has 1 saturated carbocycles. The highest BCUT2D eigenvalue weighted by Crippen LogP contribution is 2.26. The summed E-state index contributed by atoms with van der Waals surface area (Å²) in [7, 11) is 0. The Morgan fingerprint density at radius 1 is 1.13 bits per heavy atom. The summed E-state index contributed by atoms with van der Waals surface area (Å²) < 4.78 is 36.9. The molecule has 0 aromatic rings. The van der Waals surface area contributed by atoms with Crippen LogP contribution < -0.4 is 11.1 Å². The molecule has 2 rings (SSSR count). The van der Waals surface area contributed by atoms with Crippen molar-refractivity contribution in [2.24, 2.45) is 22.6 Å². The van der Waals surface area contributed by atoms with Gasteiger partial charge in [-0.05, 0) is 57.0 Å². The average molecular weight is 448 g/mol. The first-order valence-electron chi connectivity index (χ1n) is 8.25. The first kappa shape index (κ1) is 20.8. The Balaban J connectivity index is 0.00000264. The van der Waals surface area contributed by atoms with E-state index in [1.807, 2.05) is 0 Å². The third kappa shape index (κ3) is 8.42. The molecule has 0 spiro atoms. The molecule has 1 aliphatic carbocycles. The molecule has 0 bridgehead atoms. The van der Waals surface area contributed by atoms with Crippen molar-refractivity contribution < 1.29 is 13.2 Å². The summed E-state index contributed by atoms with van der Waals surface area (Å²) >= 11 is 0. The molecule has 0 aromatic heterocycles. The minimum absolute atomic E-state index is 0. The van der Waals surface area contributed by atoms with Gasteiger partial charge in [0.05, 0.1) is 6.54 Å². The molecule has 8 heteroatoms. The van der Waals surface area contributed by atoms with Crippen molar-refractivity contribution in [1.82, 2.24) is 10.2 Å². The van der Waals surface area contributed by atoms with Crippen molar-refractivity contribution in [1.29, 1.82) is 0 Å². The lowest BCUT2D eigenvalue weighted by Gasteiger charge is -2.32. The third-order valence-corrected chi connectivity index (χ3v) is 4.71. The average Bonchev–Trinajstić information content (AvgIpc) is 2.37. The molecule has 3 N–H and O–H groups in total. The predicted molar refractivity (Wildman–Crippen MR) is 97.1 cm³/mol. The van der Waals surface area contributed by atoms with E-state index >= 15 is 0 Å². The number of aliphatic imine (C=N–C) groups is 1. The van der Waals surface area contributed by atoms with Crippen LogP contribution in [0.4, 0.5) is 13.2 Å². The number of piperidine rings is 1. The van der Waals surface area contributed by atoms with Gasteiger partial charge in [0.25, 0.3) is 0 Å². The molecule has 0 unspecified atom stereocenters. The molecule has 1 saturated heterocycles. The highest BCUT2D eigenvalue weighted by molar-refractivity contribution is 14.0. The highest BCUT2D eigenvalue weighted by atomic mass is 127. The number of nitrogens with zero attached hydrogens (tertiary/aromatic N) is 2. The Hall–Kier alpha value is -0.250. The van der Waals surface area contributed by atoms with Crippen molar-refractivity contribution in [2.75, 3.05) is 32.7 Å². The van der Waals surface area contributed by atoms with E-state index in [4.69, 9.17) is 5.73 Å². The van der Waals surface area contributed by atoms with E-state index in [0.717, 1.165) is 32.4 Å². The number of guanidine groups is 1. The predicted octanol–water partition coefficient (Wildman–Crippen LogP) is 2.97. The smallest absolute Gasteiger partial charge is 0.370 e. The second-order valence-corrected chi connectivity index (χ2v) is 6.57. The maximum Gasteiger partial charge on any atom is 0.401 e. The zero-order valence-corrected chi connectivity index (χ0v) is 15.8. The van der Waals surface area contributed by atoms with Crippen molar-refractivity contribution in [3.05, 3.63) is 0 Å². The molecule has 0 atom stereocenters. The van der Waals surface area contributed by atoms with Crippen molar-refractivity contribution in [3.63, 3.8) is 0 Å². The molecule has 2 aliphatic rings. The summed E-state index contributed by atoms with van der Waals surface area (Å²) in [5.74, 6) is 1.69. The summed E-state index contributed by atoms with van der Waals surface area (Å²) in [6.45, 7) is 1.86. The summed E-state index contributed by atoms with van der Waals surface area (Å²) in [6, 6.07) is 0. The van der Waals surface area contributed by atoms with Gasteiger partial charge in [-0.2, -0.15) is 13.2 Å². The molecule has 0 aromatic carbocycles. The van der Waals surface area contributed by atoms with E-state index in [-0.39, 0.29) is 24.0 Å². The van der Waals surface area contributed by atoms with E-state index in [9.17, 15) is 13.2 Å². The first-order valence-corrected chi connectivity index (χ1v) is 8.25. The maximum atomic E-state index is 12.3. The van der Waals surface area contributed by atoms with Gasteiger partial charge in [-0.15, -0.1) is 24.0 Å². The lowest BCUT2D eigenvalue weighted by atomic mass is 9.86. The topological polar surface area (TPSA) is 53.6 Å². The lowest BCUT2D eigenvalue weighted by Crippen LogP contribution is -2.41. The molecule has 1 heterocycles. The number of nitrogens with two attached hydrogens (primary N) is 1. The highest BCUT2D eigenvalue weighted by Gasteiger charge is 2.32. The summed E-state index contributed by atoms with van der Waals surface area (Å²) in [6.07, 6.45) is 2.34. The van der Waals surface area contributed by atoms with Gasteiger partial charge in [0, 0.05) is 13.1 Å². The van der Waals surface area contributed by atoms with Gasteiger partial charge in [-0.25, -0.2) is 0 Å². The van der Waals surface area contributed by atoms with Crippen LogP contribution in [-0.2, 0) is 0 Å². The number of alkyl halides is 3. The minimum atomic E-state index is -4.08. The second kappa shape index (κ2) is 9.90. The van der Waals surface area contributed by atoms with Crippen LogP contribution in [0.15, 0.2) is 4.99 Å². The van der Waals surface area contributed by atoms with Gasteiger partial charge >= 0.3 is 6.18 Å². The second-order valence-electron chi connectivity index (χ2n) is 6.57. The first-order chi connectivity index (χ1) is 10.4. The van der Waals surface area contributed by atoms with E-state index in [1.54, 1.807) is 0 Å². The zero-order chi connectivity index (χ0) is 16.0. The van der Waals surface area contributed by atoms with E-state index in [2.05, 4.69) is 10.3 Å². The summed E-state index contributed by atoms with van der Waals surface area (Å²) in [5.41, 5.74) is 5.81. The van der Waals surface area contributed by atoms with Crippen molar-refractivity contribution in [3.8, 4) is 0 Å².